The van der Waals surface area contributed by atoms with Crippen molar-refractivity contribution in [1.82, 2.24) is 0 Å². The molecule has 0 spiro atoms. The lowest BCUT2D eigenvalue weighted by Crippen LogP contribution is -2.03. The zero-order valence-electron chi connectivity index (χ0n) is 8.41. The van der Waals surface area contributed by atoms with Crippen LogP contribution in [0.5, 0.6) is 0 Å². The maximum absolute atomic E-state index is 9.39. The molecule has 0 aliphatic carbocycles. The Morgan fingerprint density at radius 2 is 1.69 bits per heavy atom. The topological polar surface area (TPSA) is 20.2 Å². The summed E-state index contributed by atoms with van der Waals surface area (Å²) in [6.45, 7) is 5.80. The van der Waals surface area contributed by atoms with Gasteiger partial charge in [0, 0.05) is 0 Å². The summed E-state index contributed by atoms with van der Waals surface area (Å²) in [4.78, 5) is 0. The van der Waals surface area contributed by atoms with E-state index in [-0.39, 0.29) is 6.10 Å². The van der Waals surface area contributed by atoms with Crippen LogP contribution in [-0.4, -0.2) is 11.2 Å². The second-order valence-corrected chi connectivity index (χ2v) is 3.35. The molecule has 0 aliphatic heterocycles. The summed E-state index contributed by atoms with van der Waals surface area (Å²) in [5.74, 6) is 0. The molecule has 1 N–H and O–H groups in total. The van der Waals surface area contributed by atoms with E-state index in [0.717, 1.165) is 11.1 Å². The first-order valence-corrected chi connectivity index (χ1v) is 4.53. The lowest BCUT2D eigenvalue weighted by molar-refractivity contribution is 0.232. The Bertz CT molecular complexity index is 296. The monoisotopic (exact) mass is 176 g/mol. The van der Waals surface area contributed by atoms with Gasteiger partial charge in [-0.05, 0) is 37.5 Å². The van der Waals surface area contributed by atoms with E-state index >= 15 is 0 Å². The molecule has 0 fully saturated rings. The molecule has 0 unspecified atom stereocenters. The first kappa shape index (κ1) is 10.0. The van der Waals surface area contributed by atoms with Gasteiger partial charge >= 0.3 is 0 Å². The Hall–Kier alpha value is -1.08. The molecule has 1 heteroatoms. The molecule has 0 bridgehead atoms. The Kier molecular flexibility index (Phi) is 3.26. The average molecular weight is 176 g/mol. The number of rotatable bonds is 2. The number of hydrogen-bond donors (Lipinski definition) is 1. The fourth-order valence-electron chi connectivity index (χ4n) is 1.23. The summed E-state index contributed by atoms with van der Waals surface area (Å²) in [7, 11) is 0. The number of hydrogen-bond acceptors (Lipinski definition) is 1. The first-order chi connectivity index (χ1) is 6.13. The second kappa shape index (κ2) is 4.24. The van der Waals surface area contributed by atoms with Crippen molar-refractivity contribution in [1.29, 1.82) is 0 Å². The van der Waals surface area contributed by atoms with Crippen LogP contribution in [0.1, 0.15) is 26.3 Å². The van der Waals surface area contributed by atoms with E-state index in [2.05, 4.69) is 12.1 Å². The molecular formula is C12H16O. The van der Waals surface area contributed by atoms with Gasteiger partial charge in [-0.2, -0.15) is 0 Å². The molecule has 70 valence electrons. The van der Waals surface area contributed by atoms with Crippen LogP contribution in [-0.2, 0) is 0 Å². The maximum Gasteiger partial charge on any atom is 0.0725 e. The molecule has 0 radical (unpaired) electrons. The van der Waals surface area contributed by atoms with Crippen molar-refractivity contribution in [3.8, 4) is 0 Å². The Balaban J connectivity index is 3.03. The van der Waals surface area contributed by atoms with Crippen LogP contribution in [0.25, 0.3) is 5.57 Å². The number of allylic oxidation sites excluding steroid dienone is 1. The van der Waals surface area contributed by atoms with Crippen LogP contribution in [0.15, 0.2) is 35.9 Å². The summed E-state index contributed by atoms with van der Waals surface area (Å²) in [6.07, 6.45) is -0.361. The largest absolute Gasteiger partial charge is 0.389 e. The molecule has 1 rings (SSSR count). The minimum absolute atomic E-state index is 0.361. The first-order valence-electron chi connectivity index (χ1n) is 4.53. The van der Waals surface area contributed by atoms with Crippen LogP contribution in [0, 0.1) is 0 Å². The molecule has 0 amide bonds. The van der Waals surface area contributed by atoms with Crippen molar-refractivity contribution in [3.05, 3.63) is 41.5 Å². The third-order valence-corrected chi connectivity index (χ3v) is 2.42. The summed E-state index contributed by atoms with van der Waals surface area (Å²) in [6, 6.07) is 10.1. The third-order valence-electron chi connectivity index (χ3n) is 2.42. The van der Waals surface area contributed by atoms with Crippen molar-refractivity contribution in [2.45, 2.75) is 26.9 Å². The third kappa shape index (κ3) is 2.43. The van der Waals surface area contributed by atoms with Gasteiger partial charge in [0.15, 0.2) is 0 Å². The number of aliphatic hydroxyl groups excluding tert-OH is 1. The van der Waals surface area contributed by atoms with Crippen molar-refractivity contribution < 1.29 is 5.11 Å². The van der Waals surface area contributed by atoms with Crippen LogP contribution in [0.2, 0.25) is 0 Å². The van der Waals surface area contributed by atoms with Gasteiger partial charge in [0.1, 0.15) is 0 Å². The minimum atomic E-state index is -0.361. The smallest absolute Gasteiger partial charge is 0.0725 e. The van der Waals surface area contributed by atoms with Crippen LogP contribution in [0.4, 0.5) is 0 Å². The van der Waals surface area contributed by atoms with Gasteiger partial charge in [0.05, 0.1) is 6.10 Å². The lowest BCUT2D eigenvalue weighted by Gasteiger charge is -2.10. The highest BCUT2D eigenvalue weighted by Crippen LogP contribution is 2.19. The number of benzene rings is 1. The Morgan fingerprint density at radius 3 is 2.15 bits per heavy atom. The highest BCUT2D eigenvalue weighted by atomic mass is 16.3. The normalized spacial score (nSPS) is 15.1. The van der Waals surface area contributed by atoms with Crippen molar-refractivity contribution in [2.24, 2.45) is 0 Å². The zero-order chi connectivity index (χ0) is 9.84. The summed E-state index contributed by atoms with van der Waals surface area (Å²) >= 11 is 0. The predicted octanol–water partition coefficient (Wildman–Crippen LogP) is 2.86. The quantitative estimate of drug-likeness (QED) is 0.734. The van der Waals surface area contributed by atoms with E-state index in [0.29, 0.717) is 0 Å². The minimum Gasteiger partial charge on any atom is -0.389 e. The van der Waals surface area contributed by atoms with E-state index in [1.165, 1.54) is 5.56 Å². The zero-order valence-corrected chi connectivity index (χ0v) is 8.41. The van der Waals surface area contributed by atoms with Gasteiger partial charge < -0.3 is 5.11 Å². The van der Waals surface area contributed by atoms with Gasteiger partial charge in [-0.1, -0.05) is 30.3 Å². The molecule has 0 saturated carbocycles. The van der Waals surface area contributed by atoms with E-state index in [4.69, 9.17) is 0 Å². The fourth-order valence-corrected chi connectivity index (χ4v) is 1.23. The van der Waals surface area contributed by atoms with Crippen LogP contribution < -0.4 is 0 Å². The molecule has 0 aromatic heterocycles. The maximum atomic E-state index is 9.39. The van der Waals surface area contributed by atoms with Gasteiger partial charge in [-0.3, -0.25) is 0 Å². The molecule has 1 aromatic rings. The molecule has 13 heavy (non-hydrogen) atoms. The van der Waals surface area contributed by atoms with E-state index in [9.17, 15) is 5.11 Å². The molecule has 1 atom stereocenters. The van der Waals surface area contributed by atoms with Crippen molar-refractivity contribution in [2.75, 3.05) is 0 Å². The standard InChI is InChI=1S/C12H16O/c1-9(11(3)13)10(2)12-7-5-4-6-8-12/h4-8,11,13H,1-3H3/b10-9-/t11-/m1/s1. The van der Waals surface area contributed by atoms with Gasteiger partial charge in [0.25, 0.3) is 0 Å². The van der Waals surface area contributed by atoms with E-state index < -0.39 is 0 Å². The molecule has 1 aromatic carbocycles. The van der Waals surface area contributed by atoms with Crippen LogP contribution >= 0.6 is 0 Å². The molecule has 0 aliphatic rings. The fraction of sp³-hybridized carbons (Fsp3) is 0.333. The number of aliphatic hydroxyl groups is 1. The second-order valence-electron chi connectivity index (χ2n) is 3.35. The van der Waals surface area contributed by atoms with Gasteiger partial charge in [-0.25, -0.2) is 0 Å². The van der Waals surface area contributed by atoms with E-state index in [1.54, 1.807) is 6.92 Å². The lowest BCUT2D eigenvalue weighted by atomic mass is 10.00. The van der Waals surface area contributed by atoms with Crippen molar-refractivity contribution >= 4 is 5.57 Å². The Labute approximate surface area is 79.7 Å². The van der Waals surface area contributed by atoms with Gasteiger partial charge in [-0.15, -0.1) is 0 Å². The van der Waals surface area contributed by atoms with Crippen LogP contribution in [0.3, 0.4) is 0 Å². The predicted molar refractivity (Wildman–Crippen MR) is 56.4 cm³/mol. The summed E-state index contributed by atoms with van der Waals surface area (Å²) in [5.41, 5.74) is 3.38. The van der Waals surface area contributed by atoms with Gasteiger partial charge in [0.2, 0.25) is 0 Å². The SMILES string of the molecule is C/C(=C(\C)[C@@H](C)O)c1ccccc1. The summed E-state index contributed by atoms with van der Waals surface area (Å²) < 4.78 is 0. The molecule has 0 heterocycles. The average Bonchev–Trinajstić information content (AvgIpc) is 2.17. The van der Waals surface area contributed by atoms with Crippen molar-refractivity contribution in [3.63, 3.8) is 0 Å². The highest BCUT2D eigenvalue weighted by molar-refractivity contribution is 5.66. The van der Waals surface area contributed by atoms with E-state index in [1.807, 2.05) is 32.0 Å². The molecule has 1 nitrogen and oxygen atoms in total. The Morgan fingerprint density at radius 1 is 1.15 bits per heavy atom. The highest BCUT2D eigenvalue weighted by Gasteiger charge is 2.04. The molecular weight excluding hydrogens is 160 g/mol. The molecule has 0 saturated heterocycles. The summed E-state index contributed by atoms with van der Waals surface area (Å²) in [5, 5.41) is 9.39.